The summed E-state index contributed by atoms with van der Waals surface area (Å²) in [4.78, 5) is 15.0. The quantitative estimate of drug-likeness (QED) is 0.750. The summed E-state index contributed by atoms with van der Waals surface area (Å²) >= 11 is 0. The first-order valence-corrected chi connectivity index (χ1v) is 10.6. The molecule has 0 aromatic rings. The Morgan fingerprint density at radius 1 is 1.23 bits per heavy atom. The number of hydrogen-bond donors (Lipinski definition) is 1. The van der Waals surface area contributed by atoms with E-state index in [9.17, 15) is 9.90 Å². The van der Waals surface area contributed by atoms with E-state index < -0.39 is 0 Å². The second kappa shape index (κ2) is 9.75. The Morgan fingerprint density at radius 3 is 2.62 bits per heavy atom. The Labute approximate surface area is 157 Å². The molecule has 0 bridgehead atoms. The zero-order chi connectivity index (χ0) is 18.4. The summed E-state index contributed by atoms with van der Waals surface area (Å²) < 4.78 is 12.0. The van der Waals surface area contributed by atoms with E-state index in [0.29, 0.717) is 24.2 Å². The molecular formula is C21H35NO4. The molecule has 0 radical (unpaired) electrons. The first-order valence-electron chi connectivity index (χ1n) is 10.6. The highest BCUT2D eigenvalue weighted by Gasteiger charge is 2.41. The van der Waals surface area contributed by atoms with Crippen LogP contribution in [-0.2, 0) is 14.3 Å². The summed E-state index contributed by atoms with van der Waals surface area (Å²) in [5.74, 6) is 1.69. The van der Waals surface area contributed by atoms with Crippen LogP contribution in [0.15, 0.2) is 11.8 Å². The van der Waals surface area contributed by atoms with Crippen molar-refractivity contribution < 1.29 is 19.4 Å². The molecule has 1 saturated carbocycles. The molecule has 1 N–H and O–H groups in total. The summed E-state index contributed by atoms with van der Waals surface area (Å²) in [5.41, 5.74) is 0. The van der Waals surface area contributed by atoms with Crippen LogP contribution in [0.5, 0.6) is 0 Å². The second-order valence-electron chi connectivity index (χ2n) is 7.98. The van der Waals surface area contributed by atoms with E-state index in [-0.39, 0.29) is 24.7 Å². The van der Waals surface area contributed by atoms with Gasteiger partial charge >= 0.3 is 0 Å². The zero-order valence-corrected chi connectivity index (χ0v) is 16.2. The van der Waals surface area contributed by atoms with Crippen molar-refractivity contribution in [1.82, 2.24) is 4.90 Å². The molecule has 2 aliphatic heterocycles. The number of likely N-dealkylation sites (tertiary alicyclic amines) is 1. The van der Waals surface area contributed by atoms with Gasteiger partial charge in [-0.1, -0.05) is 12.8 Å². The van der Waals surface area contributed by atoms with Crippen molar-refractivity contribution in [3.05, 3.63) is 11.8 Å². The number of hydrogen-bond acceptors (Lipinski definition) is 4. The lowest BCUT2D eigenvalue weighted by Gasteiger charge is -2.40. The molecule has 1 saturated heterocycles. The van der Waals surface area contributed by atoms with Crippen molar-refractivity contribution in [3.63, 3.8) is 0 Å². The number of carbonyl (C=O) groups excluding carboxylic acids is 1. The average molecular weight is 366 g/mol. The molecule has 0 spiro atoms. The fourth-order valence-corrected chi connectivity index (χ4v) is 4.91. The highest BCUT2D eigenvalue weighted by molar-refractivity contribution is 5.91. The van der Waals surface area contributed by atoms with Crippen LogP contribution in [0.4, 0.5) is 0 Å². The molecular weight excluding hydrogens is 330 g/mol. The predicted octanol–water partition coefficient (Wildman–Crippen LogP) is 3.47. The maximum absolute atomic E-state index is 13.0. The number of allylic oxidation sites excluding steroid dienone is 1. The van der Waals surface area contributed by atoms with Gasteiger partial charge in [0, 0.05) is 32.2 Å². The normalized spacial score (nSPS) is 30.2. The number of amides is 1. The minimum Gasteiger partial charge on any atom is -0.459 e. The van der Waals surface area contributed by atoms with Gasteiger partial charge in [-0.05, 0) is 69.8 Å². The number of piperidine rings is 1. The molecule has 5 heteroatoms. The van der Waals surface area contributed by atoms with E-state index >= 15 is 0 Å². The average Bonchev–Trinajstić information content (AvgIpc) is 3.21. The van der Waals surface area contributed by atoms with Crippen molar-refractivity contribution in [2.24, 2.45) is 17.8 Å². The molecule has 2 fully saturated rings. The predicted molar refractivity (Wildman–Crippen MR) is 100 cm³/mol. The van der Waals surface area contributed by atoms with Crippen LogP contribution in [-0.4, -0.2) is 48.5 Å². The van der Waals surface area contributed by atoms with Crippen LogP contribution in [0.1, 0.15) is 64.7 Å². The zero-order valence-electron chi connectivity index (χ0n) is 16.2. The highest BCUT2D eigenvalue weighted by Crippen LogP contribution is 2.43. The number of aliphatic hydroxyl groups excluding tert-OH is 1. The van der Waals surface area contributed by atoms with E-state index in [4.69, 9.17) is 9.47 Å². The lowest BCUT2D eigenvalue weighted by atomic mass is 9.76. The van der Waals surface area contributed by atoms with Gasteiger partial charge in [-0.15, -0.1) is 0 Å². The molecule has 1 amide bonds. The summed E-state index contributed by atoms with van der Waals surface area (Å²) in [6.07, 6.45) is 11.7. The monoisotopic (exact) mass is 365 g/mol. The van der Waals surface area contributed by atoms with Crippen LogP contribution >= 0.6 is 0 Å². The van der Waals surface area contributed by atoms with Crippen LogP contribution in [0.3, 0.4) is 0 Å². The van der Waals surface area contributed by atoms with Gasteiger partial charge in [-0.25, -0.2) is 0 Å². The number of ether oxygens (including phenoxy) is 2. The number of nitrogens with zero attached hydrogens (tertiary/aromatic N) is 1. The molecule has 2 heterocycles. The Bertz CT molecular complexity index is 480. The summed E-state index contributed by atoms with van der Waals surface area (Å²) in [6.45, 7) is 4.40. The van der Waals surface area contributed by atoms with Gasteiger partial charge in [0.2, 0.25) is 6.29 Å². The largest absolute Gasteiger partial charge is 0.459 e. The lowest BCUT2D eigenvalue weighted by Crippen LogP contribution is -2.43. The van der Waals surface area contributed by atoms with E-state index in [1.165, 1.54) is 32.1 Å². The third-order valence-corrected chi connectivity index (χ3v) is 6.26. The number of rotatable bonds is 7. The Balaban J connectivity index is 1.81. The van der Waals surface area contributed by atoms with Gasteiger partial charge in [-0.3, -0.25) is 4.79 Å². The maximum atomic E-state index is 13.0. The van der Waals surface area contributed by atoms with Gasteiger partial charge in [0.1, 0.15) is 0 Å². The molecule has 0 unspecified atom stereocenters. The smallest absolute Gasteiger partial charge is 0.288 e. The summed E-state index contributed by atoms with van der Waals surface area (Å²) in [6, 6.07) is 0. The van der Waals surface area contributed by atoms with Crippen LogP contribution in [0, 0.1) is 17.8 Å². The first-order chi connectivity index (χ1) is 12.7. The first kappa shape index (κ1) is 19.7. The minimum absolute atomic E-state index is 0.0398. The van der Waals surface area contributed by atoms with E-state index in [2.05, 4.69) is 6.08 Å². The van der Waals surface area contributed by atoms with Crippen molar-refractivity contribution >= 4 is 5.91 Å². The Hall–Kier alpha value is -1.07. The third-order valence-electron chi connectivity index (χ3n) is 6.26. The van der Waals surface area contributed by atoms with Crippen LogP contribution in [0.25, 0.3) is 0 Å². The van der Waals surface area contributed by atoms with Crippen molar-refractivity contribution in [2.75, 3.05) is 26.3 Å². The van der Waals surface area contributed by atoms with Crippen molar-refractivity contribution in [2.45, 2.75) is 71.0 Å². The van der Waals surface area contributed by atoms with Crippen LogP contribution in [0.2, 0.25) is 0 Å². The van der Waals surface area contributed by atoms with Crippen molar-refractivity contribution in [1.29, 1.82) is 0 Å². The van der Waals surface area contributed by atoms with Gasteiger partial charge in [-0.2, -0.15) is 0 Å². The fraction of sp³-hybridized carbons (Fsp3) is 0.857. The lowest BCUT2D eigenvalue weighted by molar-refractivity contribution is -0.179. The van der Waals surface area contributed by atoms with E-state index in [1.54, 1.807) is 0 Å². The van der Waals surface area contributed by atoms with E-state index in [1.807, 2.05) is 11.8 Å². The number of carbonyl (C=O) groups is 1. The molecule has 26 heavy (non-hydrogen) atoms. The second-order valence-corrected chi connectivity index (χ2v) is 7.98. The molecule has 3 aliphatic rings. The Kier molecular flexibility index (Phi) is 7.38. The van der Waals surface area contributed by atoms with Crippen LogP contribution < -0.4 is 0 Å². The van der Waals surface area contributed by atoms with E-state index in [0.717, 1.165) is 38.8 Å². The standard InChI is InChI=1S/C21H35NO4/c1-2-25-21-17(11-8-14-23)18(16-9-4-5-10-16)15-19(26-21)20(24)22-12-6-3-7-13-22/h15-18,21,23H,2-14H2,1H3/t17-,18-,21-/m0/s1. The molecule has 3 rings (SSSR count). The molecule has 5 nitrogen and oxygen atoms in total. The molecule has 0 aromatic carbocycles. The summed E-state index contributed by atoms with van der Waals surface area (Å²) in [7, 11) is 0. The van der Waals surface area contributed by atoms with Crippen molar-refractivity contribution in [3.8, 4) is 0 Å². The highest BCUT2D eigenvalue weighted by atomic mass is 16.7. The number of aliphatic hydroxyl groups is 1. The SMILES string of the molecule is CCO[C@H]1OC(C(=O)N2CCCCC2)=C[C@@H](C2CCCC2)[C@@H]1CCCO. The molecule has 148 valence electrons. The third kappa shape index (κ3) is 4.61. The van der Waals surface area contributed by atoms with Gasteiger partial charge in [0.15, 0.2) is 5.76 Å². The van der Waals surface area contributed by atoms with Gasteiger partial charge < -0.3 is 19.5 Å². The summed E-state index contributed by atoms with van der Waals surface area (Å²) in [5, 5.41) is 9.32. The fourth-order valence-electron chi connectivity index (χ4n) is 4.91. The minimum atomic E-state index is -0.370. The van der Waals surface area contributed by atoms with Gasteiger partial charge in [0.25, 0.3) is 5.91 Å². The van der Waals surface area contributed by atoms with Gasteiger partial charge in [0.05, 0.1) is 0 Å². The molecule has 3 atom stereocenters. The maximum Gasteiger partial charge on any atom is 0.288 e. The molecule has 0 aromatic heterocycles. The topological polar surface area (TPSA) is 59.0 Å². The molecule has 1 aliphatic carbocycles. The Morgan fingerprint density at radius 2 is 1.96 bits per heavy atom.